The monoisotopic (exact) mass is 475 g/mol. The molecule has 0 aliphatic rings. The number of aliphatic carboxylic acids is 1. The van der Waals surface area contributed by atoms with E-state index in [1.54, 1.807) is 19.3 Å². The van der Waals surface area contributed by atoms with Gasteiger partial charge in [-0.2, -0.15) is 0 Å². The van der Waals surface area contributed by atoms with Gasteiger partial charge in [0, 0.05) is 6.42 Å². The summed E-state index contributed by atoms with van der Waals surface area (Å²) in [7, 11) is 3.10. The van der Waals surface area contributed by atoms with Crippen LogP contribution in [0.5, 0.6) is 11.5 Å². The number of thioether (sulfide) groups is 1. The lowest BCUT2D eigenvalue weighted by Gasteiger charge is -2.10. The highest BCUT2D eigenvalue weighted by molar-refractivity contribution is 14.1. The van der Waals surface area contributed by atoms with Crippen LogP contribution in [0.15, 0.2) is 22.2 Å². The molecule has 2 rings (SSSR count). The molecule has 7 nitrogen and oxygen atoms in total. The molecule has 0 unspecified atom stereocenters. The molecule has 0 atom stereocenters. The fourth-order valence-corrected chi connectivity index (χ4v) is 3.65. The van der Waals surface area contributed by atoms with Gasteiger partial charge in [0.05, 0.1) is 17.8 Å². The molecule has 0 aliphatic carbocycles. The second-order valence-corrected chi connectivity index (χ2v) is 7.14. The van der Waals surface area contributed by atoms with Crippen LogP contribution in [-0.4, -0.2) is 40.5 Å². The van der Waals surface area contributed by atoms with Crippen LogP contribution in [0.1, 0.15) is 24.7 Å². The molecule has 134 valence electrons. The van der Waals surface area contributed by atoms with Crippen LogP contribution in [0.2, 0.25) is 0 Å². The highest BCUT2D eigenvalue weighted by atomic mass is 127. The Bertz CT molecular complexity index is 792. The van der Waals surface area contributed by atoms with Gasteiger partial charge in [0.2, 0.25) is 5.16 Å². The minimum Gasteiger partial charge on any atom is -0.493 e. The highest BCUT2D eigenvalue weighted by Crippen LogP contribution is 2.35. The van der Waals surface area contributed by atoms with E-state index in [1.165, 1.54) is 7.11 Å². The van der Waals surface area contributed by atoms with E-state index in [2.05, 4.69) is 37.8 Å². The maximum absolute atomic E-state index is 11.6. The Labute approximate surface area is 163 Å². The van der Waals surface area contributed by atoms with E-state index in [4.69, 9.17) is 9.47 Å². The average molecular weight is 475 g/mol. The Balaban J connectivity index is 2.33. The molecule has 2 aromatic rings. The van der Waals surface area contributed by atoms with Crippen molar-refractivity contribution < 1.29 is 19.4 Å². The summed E-state index contributed by atoms with van der Waals surface area (Å²) in [4.78, 5) is 16.0. The van der Waals surface area contributed by atoms with E-state index >= 15 is 0 Å². The van der Waals surface area contributed by atoms with Crippen LogP contribution in [0.4, 0.5) is 0 Å². The molecule has 0 fully saturated rings. The van der Waals surface area contributed by atoms with Crippen LogP contribution in [0.25, 0.3) is 6.08 Å². The summed E-state index contributed by atoms with van der Waals surface area (Å²) in [5.41, 5.74) is 0.691. The summed E-state index contributed by atoms with van der Waals surface area (Å²) in [6, 6.07) is 3.55. The van der Waals surface area contributed by atoms with Gasteiger partial charge in [-0.3, -0.25) is 5.10 Å². The molecular weight excluding hydrogens is 457 g/mol. The first-order valence-corrected chi connectivity index (χ1v) is 9.33. The number of halogens is 1. The number of carboxylic acid groups (broad SMARTS) is 1. The number of carbonyl (C=O) groups is 1. The van der Waals surface area contributed by atoms with E-state index in [9.17, 15) is 9.90 Å². The molecule has 1 aromatic heterocycles. The SMILES string of the molecule is CCCc1nc(S/C(=C\c2cc(I)c(OC)c(OC)c2)C(=O)O)n[nH]1. The molecule has 1 aromatic carbocycles. The number of hydrogen-bond donors (Lipinski definition) is 2. The number of nitrogens with one attached hydrogen (secondary N) is 1. The van der Waals surface area contributed by atoms with Crippen LogP contribution in [-0.2, 0) is 11.2 Å². The van der Waals surface area contributed by atoms with Crippen molar-refractivity contribution in [2.45, 2.75) is 24.9 Å². The van der Waals surface area contributed by atoms with Crippen LogP contribution in [0, 0.1) is 3.57 Å². The van der Waals surface area contributed by atoms with Crippen molar-refractivity contribution in [3.63, 3.8) is 0 Å². The minimum absolute atomic E-state index is 0.116. The Kier molecular flexibility index (Phi) is 7.12. The third-order valence-electron chi connectivity index (χ3n) is 3.16. The number of aromatic nitrogens is 3. The molecule has 0 radical (unpaired) electrons. The fraction of sp³-hybridized carbons (Fsp3) is 0.312. The molecule has 0 amide bonds. The second-order valence-electron chi connectivity index (χ2n) is 4.97. The number of nitrogens with zero attached hydrogens (tertiary/aromatic N) is 2. The number of hydrogen-bond acceptors (Lipinski definition) is 6. The van der Waals surface area contributed by atoms with E-state index in [1.807, 2.05) is 13.0 Å². The summed E-state index contributed by atoms with van der Waals surface area (Å²) in [6.45, 7) is 2.04. The second kappa shape index (κ2) is 9.09. The smallest absolute Gasteiger partial charge is 0.342 e. The van der Waals surface area contributed by atoms with Crippen molar-refractivity contribution in [3.8, 4) is 11.5 Å². The largest absolute Gasteiger partial charge is 0.493 e. The standard InChI is InChI=1S/C16H18IN3O4S/c1-4-5-13-18-16(20-19-13)25-12(15(21)22)8-9-6-10(17)14(24-3)11(7-9)23-2/h6-8H,4-5H2,1-3H3,(H,21,22)(H,18,19,20)/b12-8-. The molecule has 2 N–H and O–H groups in total. The molecule has 0 aliphatic heterocycles. The number of carboxylic acids is 1. The van der Waals surface area contributed by atoms with Crippen LogP contribution < -0.4 is 9.47 Å². The lowest BCUT2D eigenvalue weighted by molar-refractivity contribution is -0.131. The first-order chi connectivity index (χ1) is 12.0. The minimum atomic E-state index is -1.04. The van der Waals surface area contributed by atoms with Gasteiger partial charge in [0.15, 0.2) is 11.5 Å². The first-order valence-electron chi connectivity index (χ1n) is 7.44. The lowest BCUT2D eigenvalue weighted by Crippen LogP contribution is -1.98. The predicted molar refractivity (Wildman–Crippen MR) is 104 cm³/mol. The maximum atomic E-state index is 11.6. The quantitative estimate of drug-likeness (QED) is 0.342. The van der Waals surface area contributed by atoms with Crippen molar-refractivity contribution in [1.29, 1.82) is 0 Å². The summed E-state index contributed by atoms with van der Waals surface area (Å²) < 4.78 is 11.4. The third-order valence-corrected chi connectivity index (χ3v) is 4.84. The molecule has 1 heterocycles. The highest BCUT2D eigenvalue weighted by Gasteiger charge is 2.15. The number of aromatic amines is 1. The predicted octanol–water partition coefficient (Wildman–Crippen LogP) is 3.60. The van der Waals surface area contributed by atoms with E-state index in [0.29, 0.717) is 22.2 Å². The molecular formula is C16H18IN3O4S. The summed E-state index contributed by atoms with van der Waals surface area (Å²) in [5, 5.41) is 16.7. The summed E-state index contributed by atoms with van der Waals surface area (Å²) >= 11 is 3.12. The first kappa shape index (κ1) is 19.6. The normalized spacial score (nSPS) is 11.4. The lowest BCUT2D eigenvalue weighted by atomic mass is 10.2. The number of ether oxygens (including phenoxy) is 2. The summed E-state index contributed by atoms with van der Waals surface area (Å²) in [5.74, 6) is 0.855. The molecule has 0 saturated heterocycles. The Morgan fingerprint density at radius 1 is 1.40 bits per heavy atom. The van der Waals surface area contributed by atoms with E-state index in [-0.39, 0.29) is 4.91 Å². The number of aryl methyl sites for hydroxylation is 1. The molecule has 0 spiro atoms. The molecule has 25 heavy (non-hydrogen) atoms. The number of H-pyrrole nitrogens is 1. The number of benzene rings is 1. The van der Waals surface area contributed by atoms with Gasteiger partial charge < -0.3 is 14.6 Å². The van der Waals surface area contributed by atoms with Gasteiger partial charge in [-0.05, 0) is 64.5 Å². The summed E-state index contributed by atoms with van der Waals surface area (Å²) in [6.07, 6.45) is 3.27. The van der Waals surface area contributed by atoms with Gasteiger partial charge in [-0.25, -0.2) is 9.78 Å². The van der Waals surface area contributed by atoms with Gasteiger partial charge in [0.1, 0.15) is 10.7 Å². The van der Waals surface area contributed by atoms with Crippen molar-refractivity contribution in [1.82, 2.24) is 15.2 Å². The third kappa shape index (κ3) is 5.11. The molecule has 9 heteroatoms. The Morgan fingerprint density at radius 3 is 2.76 bits per heavy atom. The topological polar surface area (TPSA) is 97.3 Å². The molecule has 0 bridgehead atoms. The average Bonchev–Trinajstić information content (AvgIpc) is 3.01. The van der Waals surface area contributed by atoms with Crippen LogP contribution in [0.3, 0.4) is 0 Å². The maximum Gasteiger partial charge on any atom is 0.342 e. The van der Waals surface area contributed by atoms with E-state index < -0.39 is 5.97 Å². The van der Waals surface area contributed by atoms with Gasteiger partial charge in [-0.1, -0.05) is 6.92 Å². The van der Waals surface area contributed by atoms with Crippen molar-refractivity contribution >= 4 is 46.4 Å². The fourth-order valence-electron chi connectivity index (χ4n) is 2.08. The zero-order chi connectivity index (χ0) is 18.4. The van der Waals surface area contributed by atoms with E-state index in [0.717, 1.165) is 34.0 Å². The molecule has 0 saturated carbocycles. The number of rotatable bonds is 8. The van der Waals surface area contributed by atoms with Gasteiger partial charge in [-0.15, -0.1) is 5.10 Å². The van der Waals surface area contributed by atoms with Gasteiger partial charge >= 0.3 is 5.97 Å². The Morgan fingerprint density at radius 2 is 2.16 bits per heavy atom. The zero-order valence-electron chi connectivity index (χ0n) is 14.0. The van der Waals surface area contributed by atoms with Gasteiger partial charge in [0.25, 0.3) is 0 Å². The van der Waals surface area contributed by atoms with Crippen LogP contribution >= 0.6 is 34.4 Å². The Hall–Kier alpha value is -1.75. The van der Waals surface area contributed by atoms with Crippen molar-refractivity contribution in [2.24, 2.45) is 0 Å². The number of methoxy groups -OCH3 is 2. The zero-order valence-corrected chi connectivity index (χ0v) is 17.0. The van der Waals surface area contributed by atoms with Crippen molar-refractivity contribution in [3.05, 3.63) is 32.0 Å². The van der Waals surface area contributed by atoms with Crippen molar-refractivity contribution in [2.75, 3.05) is 14.2 Å².